The van der Waals surface area contributed by atoms with Crippen molar-refractivity contribution in [2.75, 3.05) is 25.0 Å². The summed E-state index contributed by atoms with van der Waals surface area (Å²) in [4.78, 5) is 11.4. The molecule has 0 aliphatic heterocycles. The molecule has 0 aliphatic carbocycles. The van der Waals surface area contributed by atoms with Crippen LogP contribution < -0.4 is 16.4 Å². The standard InChI is InChI=1S/C11H16FN3O/c12-9-2-4-10(5-3-9)15-11(16)8-14-7-1-6-13/h2-5,14H,1,6-8,13H2,(H,15,16). The number of nitrogens with one attached hydrogen (secondary N) is 2. The molecule has 4 N–H and O–H groups in total. The summed E-state index contributed by atoms with van der Waals surface area (Å²) in [5.74, 6) is -0.470. The summed E-state index contributed by atoms with van der Waals surface area (Å²) in [6, 6.07) is 5.65. The molecule has 0 saturated heterocycles. The van der Waals surface area contributed by atoms with Crippen molar-refractivity contribution in [3.05, 3.63) is 30.1 Å². The van der Waals surface area contributed by atoms with Gasteiger partial charge in [-0.2, -0.15) is 0 Å². The van der Waals surface area contributed by atoms with Gasteiger partial charge in [-0.15, -0.1) is 0 Å². The van der Waals surface area contributed by atoms with Crippen molar-refractivity contribution < 1.29 is 9.18 Å². The molecule has 0 heterocycles. The lowest BCUT2D eigenvalue weighted by molar-refractivity contribution is -0.115. The normalized spacial score (nSPS) is 10.1. The highest BCUT2D eigenvalue weighted by Gasteiger charge is 2.01. The van der Waals surface area contributed by atoms with Crippen LogP contribution in [0.25, 0.3) is 0 Å². The van der Waals surface area contributed by atoms with Crippen LogP contribution in [0.5, 0.6) is 0 Å². The lowest BCUT2D eigenvalue weighted by Crippen LogP contribution is -2.29. The maximum atomic E-state index is 12.6. The van der Waals surface area contributed by atoms with Crippen LogP contribution in [0.3, 0.4) is 0 Å². The second-order valence-electron chi connectivity index (χ2n) is 3.37. The Morgan fingerprint density at radius 1 is 1.31 bits per heavy atom. The van der Waals surface area contributed by atoms with Crippen LogP contribution in [0.15, 0.2) is 24.3 Å². The van der Waals surface area contributed by atoms with Gasteiger partial charge in [-0.3, -0.25) is 4.79 Å². The first-order chi connectivity index (χ1) is 7.72. The Kier molecular flexibility index (Phi) is 5.45. The van der Waals surface area contributed by atoms with Gasteiger partial charge in [0.15, 0.2) is 0 Å². The van der Waals surface area contributed by atoms with Crippen LogP contribution in [0.2, 0.25) is 0 Å². The van der Waals surface area contributed by atoms with Gasteiger partial charge in [-0.05, 0) is 43.8 Å². The Morgan fingerprint density at radius 3 is 2.62 bits per heavy atom. The smallest absolute Gasteiger partial charge is 0.238 e. The van der Waals surface area contributed by atoms with Crippen molar-refractivity contribution >= 4 is 11.6 Å². The van der Waals surface area contributed by atoms with Gasteiger partial charge in [0.25, 0.3) is 0 Å². The molecule has 1 aromatic rings. The number of benzene rings is 1. The maximum absolute atomic E-state index is 12.6. The molecule has 0 saturated carbocycles. The predicted molar refractivity (Wildman–Crippen MR) is 61.6 cm³/mol. The summed E-state index contributed by atoms with van der Waals surface area (Å²) in [7, 11) is 0. The van der Waals surface area contributed by atoms with E-state index in [9.17, 15) is 9.18 Å². The van der Waals surface area contributed by atoms with Gasteiger partial charge in [0.2, 0.25) is 5.91 Å². The zero-order valence-electron chi connectivity index (χ0n) is 9.00. The molecule has 0 aromatic heterocycles. The molecule has 5 heteroatoms. The van der Waals surface area contributed by atoms with Crippen LogP contribution in [0.1, 0.15) is 6.42 Å². The highest BCUT2D eigenvalue weighted by atomic mass is 19.1. The second kappa shape index (κ2) is 6.92. The summed E-state index contributed by atoms with van der Waals surface area (Å²) in [5, 5.41) is 5.60. The van der Waals surface area contributed by atoms with E-state index >= 15 is 0 Å². The zero-order chi connectivity index (χ0) is 11.8. The third-order valence-corrected chi connectivity index (χ3v) is 1.97. The van der Waals surface area contributed by atoms with E-state index in [0.717, 1.165) is 6.42 Å². The van der Waals surface area contributed by atoms with E-state index in [1.165, 1.54) is 24.3 Å². The average molecular weight is 225 g/mol. The minimum atomic E-state index is -0.320. The van der Waals surface area contributed by atoms with Crippen LogP contribution in [-0.2, 0) is 4.79 Å². The number of hydrogen-bond donors (Lipinski definition) is 3. The molecular weight excluding hydrogens is 209 g/mol. The second-order valence-corrected chi connectivity index (χ2v) is 3.37. The molecule has 1 aromatic carbocycles. The minimum absolute atomic E-state index is 0.149. The third-order valence-electron chi connectivity index (χ3n) is 1.97. The fraction of sp³-hybridized carbons (Fsp3) is 0.364. The monoisotopic (exact) mass is 225 g/mol. The van der Waals surface area contributed by atoms with Gasteiger partial charge in [-0.1, -0.05) is 0 Å². The highest BCUT2D eigenvalue weighted by molar-refractivity contribution is 5.92. The summed E-state index contributed by atoms with van der Waals surface area (Å²) < 4.78 is 12.6. The van der Waals surface area contributed by atoms with Crippen molar-refractivity contribution in [2.45, 2.75) is 6.42 Å². The van der Waals surface area contributed by atoms with E-state index < -0.39 is 0 Å². The van der Waals surface area contributed by atoms with Gasteiger partial charge in [0.1, 0.15) is 5.82 Å². The van der Waals surface area contributed by atoms with Crippen molar-refractivity contribution in [1.82, 2.24) is 5.32 Å². The van der Waals surface area contributed by atoms with Crippen LogP contribution in [0, 0.1) is 5.82 Å². The molecule has 0 bridgehead atoms. The molecule has 1 amide bonds. The Morgan fingerprint density at radius 2 is 2.00 bits per heavy atom. The molecule has 0 radical (unpaired) electrons. The lowest BCUT2D eigenvalue weighted by Gasteiger charge is -2.06. The minimum Gasteiger partial charge on any atom is -0.330 e. The first-order valence-electron chi connectivity index (χ1n) is 5.18. The number of hydrogen-bond acceptors (Lipinski definition) is 3. The Bertz CT molecular complexity index is 327. The van der Waals surface area contributed by atoms with E-state index in [1.807, 2.05) is 0 Å². The van der Waals surface area contributed by atoms with Crippen molar-refractivity contribution in [3.63, 3.8) is 0 Å². The van der Waals surface area contributed by atoms with E-state index in [2.05, 4.69) is 10.6 Å². The number of rotatable bonds is 6. The zero-order valence-corrected chi connectivity index (χ0v) is 9.00. The van der Waals surface area contributed by atoms with Crippen LogP contribution in [-0.4, -0.2) is 25.5 Å². The fourth-order valence-electron chi connectivity index (χ4n) is 1.17. The Labute approximate surface area is 94.0 Å². The summed E-state index contributed by atoms with van der Waals surface area (Å²) in [6.45, 7) is 1.55. The molecule has 1 rings (SSSR count). The number of halogens is 1. The summed E-state index contributed by atoms with van der Waals surface area (Å²) >= 11 is 0. The fourth-order valence-corrected chi connectivity index (χ4v) is 1.17. The molecule has 88 valence electrons. The quantitative estimate of drug-likeness (QED) is 0.624. The first-order valence-corrected chi connectivity index (χ1v) is 5.18. The SMILES string of the molecule is NCCCNCC(=O)Nc1ccc(F)cc1. The largest absolute Gasteiger partial charge is 0.330 e. The maximum Gasteiger partial charge on any atom is 0.238 e. The molecule has 0 atom stereocenters. The lowest BCUT2D eigenvalue weighted by atomic mass is 10.3. The molecule has 0 aliphatic rings. The third kappa shape index (κ3) is 4.86. The van der Waals surface area contributed by atoms with Gasteiger partial charge >= 0.3 is 0 Å². The molecule has 4 nitrogen and oxygen atoms in total. The first kappa shape index (κ1) is 12.6. The van der Waals surface area contributed by atoms with Crippen molar-refractivity contribution in [2.24, 2.45) is 5.73 Å². The van der Waals surface area contributed by atoms with Crippen molar-refractivity contribution in [1.29, 1.82) is 0 Å². The summed E-state index contributed by atoms with van der Waals surface area (Å²) in [5.41, 5.74) is 5.90. The highest BCUT2D eigenvalue weighted by Crippen LogP contribution is 2.07. The van der Waals surface area contributed by atoms with E-state index in [1.54, 1.807) is 0 Å². The van der Waals surface area contributed by atoms with E-state index in [0.29, 0.717) is 18.8 Å². The number of carbonyl (C=O) groups is 1. The molecular formula is C11H16FN3O. The average Bonchev–Trinajstić information content (AvgIpc) is 2.28. The molecule has 0 spiro atoms. The van der Waals surface area contributed by atoms with Gasteiger partial charge in [0, 0.05) is 5.69 Å². The Balaban J connectivity index is 2.26. The van der Waals surface area contributed by atoms with Crippen molar-refractivity contribution in [3.8, 4) is 0 Å². The van der Waals surface area contributed by atoms with Crippen LogP contribution >= 0.6 is 0 Å². The number of carbonyl (C=O) groups excluding carboxylic acids is 1. The molecule has 0 unspecified atom stereocenters. The topological polar surface area (TPSA) is 67.1 Å². The van der Waals surface area contributed by atoms with Crippen LogP contribution in [0.4, 0.5) is 10.1 Å². The Hall–Kier alpha value is -1.46. The van der Waals surface area contributed by atoms with Gasteiger partial charge in [0.05, 0.1) is 6.54 Å². The van der Waals surface area contributed by atoms with Gasteiger partial charge in [-0.25, -0.2) is 4.39 Å². The summed E-state index contributed by atoms with van der Waals surface area (Å²) in [6.07, 6.45) is 0.837. The molecule has 16 heavy (non-hydrogen) atoms. The van der Waals surface area contributed by atoms with Gasteiger partial charge < -0.3 is 16.4 Å². The van der Waals surface area contributed by atoms with E-state index in [4.69, 9.17) is 5.73 Å². The number of anilines is 1. The predicted octanol–water partition coefficient (Wildman–Crippen LogP) is 0.703. The van der Waals surface area contributed by atoms with E-state index in [-0.39, 0.29) is 18.3 Å². The number of nitrogens with two attached hydrogens (primary N) is 1. The number of amides is 1. The molecule has 0 fully saturated rings.